The first-order valence-corrected chi connectivity index (χ1v) is 4.57. The second-order valence-corrected chi connectivity index (χ2v) is 3.35. The Bertz CT molecular complexity index is 271. The average molecular weight is 200 g/mol. The Kier molecular flexibility index (Phi) is 2.61. The van der Waals surface area contributed by atoms with E-state index in [9.17, 15) is 0 Å². The fourth-order valence-electron chi connectivity index (χ4n) is 1.24. The predicted molar refractivity (Wildman–Crippen MR) is 48.9 cm³/mol. The number of rotatable bonds is 2. The van der Waals surface area contributed by atoms with Crippen molar-refractivity contribution in [1.29, 1.82) is 0 Å². The summed E-state index contributed by atoms with van der Waals surface area (Å²) in [6, 6.07) is 0.401. The zero-order chi connectivity index (χ0) is 9.10. The SMILES string of the molecule is Clc1cnc(O[C@@H]2CCNC2)nc1. The summed E-state index contributed by atoms with van der Waals surface area (Å²) >= 11 is 5.64. The predicted octanol–water partition coefficient (Wildman–Crippen LogP) is 0.871. The number of nitrogens with one attached hydrogen (secondary N) is 1. The Morgan fingerprint density at radius 2 is 2.23 bits per heavy atom. The number of nitrogens with zero attached hydrogens (tertiary/aromatic N) is 2. The number of hydrogen-bond acceptors (Lipinski definition) is 4. The van der Waals surface area contributed by atoms with Crippen LogP contribution in [0.15, 0.2) is 12.4 Å². The number of halogens is 1. The monoisotopic (exact) mass is 199 g/mol. The van der Waals surface area contributed by atoms with Gasteiger partial charge in [-0.05, 0) is 13.0 Å². The normalized spacial score (nSPS) is 21.8. The lowest BCUT2D eigenvalue weighted by Crippen LogP contribution is -2.20. The molecule has 0 aliphatic carbocycles. The molecule has 0 aromatic carbocycles. The standard InChI is InChI=1S/C8H10ClN3O/c9-6-3-11-8(12-4-6)13-7-1-2-10-5-7/h3-4,7,10H,1-2,5H2/t7-/m1/s1. The van der Waals surface area contributed by atoms with Crippen molar-refractivity contribution < 1.29 is 4.74 Å². The fraction of sp³-hybridized carbons (Fsp3) is 0.500. The van der Waals surface area contributed by atoms with Gasteiger partial charge in [-0.25, -0.2) is 9.97 Å². The minimum Gasteiger partial charge on any atom is -0.459 e. The Morgan fingerprint density at radius 1 is 1.46 bits per heavy atom. The van der Waals surface area contributed by atoms with Crippen molar-refractivity contribution in [2.75, 3.05) is 13.1 Å². The minimum absolute atomic E-state index is 0.196. The molecule has 1 aliphatic rings. The van der Waals surface area contributed by atoms with Crippen LogP contribution in [0.3, 0.4) is 0 Å². The third-order valence-electron chi connectivity index (χ3n) is 1.88. The van der Waals surface area contributed by atoms with Crippen molar-refractivity contribution in [3.8, 4) is 6.01 Å². The summed E-state index contributed by atoms with van der Waals surface area (Å²) in [5.41, 5.74) is 0. The molecular formula is C8H10ClN3O. The van der Waals surface area contributed by atoms with Crippen molar-refractivity contribution in [2.45, 2.75) is 12.5 Å². The number of hydrogen-bond donors (Lipinski definition) is 1. The van der Waals surface area contributed by atoms with Crippen molar-refractivity contribution in [2.24, 2.45) is 0 Å². The Hall–Kier alpha value is -0.870. The lowest BCUT2D eigenvalue weighted by Gasteiger charge is -2.09. The average Bonchev–Trinajstić information content (AvgIpc) is 2.62. The molecule has 0 radical (unpaired) electrons. The molecule has 5 heteroatoms. The largest absolute Gasteiger partial charge is 0.459 e. The second kappa shape index (κ2) is 3.89. The molecule has 1 N–H and O–H groups in total. The van der Waals surface area contributed by atoms with Crippen LogP contribution in [0.25, 0.3) is 0 Å². The maximum absolute atomic E-state index is 5.64. The van der Waals surface area contributed by atoms with E-state index in [0.717, 1.165) is 19.5 Å². The summed E-state index contributed by atoms with van der Waals surface area (Å²) in [5.74, 6) is 0. The summed E-state index contributed by atoms with van der Waals surface area (Å²) in [5, 5.41) is 3.72. The van der Waals surface area contributed by atoms with Crippen LogP contribution in [-0.4, -0.2) is 29.2 Å². The third-order valence-corrected chi connectivity index (χ3v) is 2.08. The quantitative estimate of drug-likeness (QED) is 0.768. The topological polar surface area (TPSA) is 47.0 Å². The van der Waals surface area contributed by atoms with E-state index in [1.807, 2.05) is 0 Å². The van der Waals surface area contributed by atoms with Gasteiger partial charge in [0.2, 0.25) is 0 Å². The van der Waals surface area contributed by atoms with Crippen LogP contribution >= 0.6 is 11.6 Å². The lowest BCUT2D eigenvalue weighted by molar-refractivity contribution is 0.204. The molecule has 1 fully saturated rings. The third kappa shape index (κ3) is 2.29. The molecule has 0 amide bonds. The zero-order valence-corrected chi connectivity index (χ0v) is 7.79. The molecule has 2 heterocycles. The number of aromatic nitrogens is 2. The maximum atomic E-state index is 5.64. The van der Waals surface area contributed by atoms with Gasteiger partial charge in [-0.1, -0.05) is 11.6 Å². The number of ether oxygens (including phenoxy) is 1. The molecule has 1 aromatic rings. The van der Waals surface area contributed by atoms with Crippen LogP contribution < -0.4 is 10.1 Å². The van der Waals surface area contributed by atoms with Gasteiger partial charge in [0.05, 0.1) is 17.4 Å². The van der Waals surface area contributed by atoms with E-state index >= 15 is 0 Å². The van der Waals surface area contributed by atoms with Gasteiger partial charge >= 0.3 is 6.01 Å². The highest BCUT2D eigenvalue weighted by Crippen LogP contribution is 2.11. The van der Waals surface area contributed by atoms with Gasteiger partial charge in [0.15, 0.2) is 0 Å². The summed E-state index contributed by atoms with van der Waals surface area (Å²) in [7, 11) is 0. The molecule has 4 nitrogen and oxygen atoms in total. The maximum Gasteiger partial charge on any atom is 0.316 e. The summed E-state index contributed by atoms with van der Waals surface area (Å²) in [6.07, 6.45) is 4.27. The molecule has 2 rings (SSSR count). The highest BCUT2D eigenvalue weighted by atomic mass is 35.5. The van der Waals surface area contributed by atoms with Crippen LogP contribution in [-0.2, 0) is 0 Å². The Labute approximate surface area is 81.3 Å². The zero-order valence-electron chi connectivity index (χ0n) is 7.03. The molecule has 70 valence electrons. The lowest BCUT2D eigenvalue weighted by atomic mass is 10.3. The van der Waals surface area contributed by atoms with Gasteiger partial charge in [0, 0.05) is 6.54 Å². The molecule has 0 unspecified atom stereocenters. The van der Waals surface area contributed by atoms with Gasteiger partial charge in [-0.3, -0.25) is 0 Å². The Balaban J connectivity index is 1.97. The van der Waals surface area contributed by atoms with E-state index in [4.69, 9.17) is 16.3 Å². The van der Waals surface area contributed by atoms with Crippen LogP contribution in [0.1, 0.15) is 6.42 Å². The highest BCUT2D eigenvalue weighted by Gasteiger charge is 2.16. The first-order valence-electron chi connectivity index (χ1n) is 4.19. The van der Waals surface area contributed by atoms with Gasteiger partial charge in [-0.2, -0.15) is 0 Å². The molecular weight excluding hydrogens is 190 g/mol. The highest BCUT2D eigenvalue weighted by molar-refractivity contribution is 6.30. The fourth-order valence-corrected chi connectivity index (χ4v) is 1.34. The van der Waals surface area contributed by atoms with Crippen molar-refractivity contribution in [1.82, 2.24) is 15.3 Å². The summed E-state index contributed by atoms with van der Waals surface area (Å²) < 4.78 is 5.49. The molecule has 1 aliphatic heterocycles. The van der Waals surface area contributed by atoms with E-state index in [2.05, 4.69) is 15.3 Å². The van der Waals surface area contributed by atoms with Gasteiger partial charge < -0.3 is 10.1 Å². The molecule has 1 saturated heterocycles. The van der Waals surface area contributed by atoms with Crippen LogP contribution in [0, 0.1) is 0 Å². The van der Waals surface area contributed by atoms with E-state index in [-0.39, 0.29) is 6.10 Å². The van der Waals surface area contributed by atoms with Crippen molar-refractivity contribution in [3.05, 3.63) is 17.4 Å². The van der Waals surface area contributed by atoms with E-state index in [1.165, 1.54) is 12.4 Å². The minimum atomic E-state index is 0.196. The van der Waals surface area contributed by atoms with Gasteiger partial charge in [-0.15, -0.1) is 0 Å². The van der Waals surface area contributed by atoms with Gasteiger partial charge in [0.1, 0.15) is 6.10 Å². The first-order chi connectivity index (χ1) is 6.34. The molecule has 0 saturated carbocycles. The van der Waals surface area contributed by atoms with Gasteiger partial charge in [0.25, 0.3) is 0 Å². The molecule has 0 bridgehead atoms. The van der Waals surface area contributed by atoms with Crippen molar-refractivity contribution >= 4 is 11.6 Å². The smallest absolute Gasteiger partial charge is 0.316 e. The Morgan fingerprint density at radius 3 is 2.85 bits per heavy atom. The van der Waals surface area contributed by atoms with E-state index in [1.54, 1.807) is 0 Å². The first kappa shape index (κ1) is 8.72. The summed E-state index contributed by atoms with van der Waals surface area (Å²) in [4.78, 5) is 7.90. The van der Waals surface area contributed by atoms with E-state index < -0.39 is 0 Å². The van der Waals surface area contributed by atoms with Crippen molar-refractivity contribution in [3.63, 3.8) is 0 Å². The molecule has 0 spiro atoms. The summed E-state index contributed by atoms with van der Waals surface area (Å²) in [6.45, 7) is 1.87. The van der Waals surface area contributed by atoms with E-state index in [0.29, 0.717) is 11.0 Å². The second-order valence-electron chi connectivity index (χ2n) is 2.92. The van der Waals surface area contributed by atoms with Crippen LogP contribution in [0.2, 0.25) is 5.02 Å². The van der Waals surface area contributed by atoms with Crippen LogP contribution in [0.4, 0.5) is 0 Å². The van der Waals surface area contributed by atoms with Crippen LogP contribution in [0.5, 0.6) is 6.01 Å². The molecule has 13 heavy (non-hydrogen) atoms. The molecule has 1 atom stereocenters. The molecule has 1 aromatic heterocycles.